The van der Waals surface area contributed by atoms with Crippen LogP contribution in [-0.2, 0) is 17.6 Å². The number of morpholine rings is 1. The minimum Gasteiger partial charge on any atom is -0.378 e. The lowest BCUT2D eigenvalue weighted by Crippen LogP contribution is -2.37. The van der Waals surface area contributed by atoms with E-state index in [9.17, 15) is 4.79 Å². The van der Waals surface area contributed by atoms with Crippen LogP contribution >= 0.6 is 34.5 Å². The highest BCUT2D eigenvalue weighted by Crippen LogP contribution is 2.40. The molecule has 164 valence electrons. The Morgan fingerprint density at radius 3 is 2.62 bits per heavy atom. The fraction of sp³-hybridized carbons (Fsp3) is 0.348. The second-order valence-electron chi connectivity index (χ2n) is 8.17. The van der Waals surface area contributed by atoms with Crippen molar-refractivity contribution in [2.24, 2.45) is 0 Å². The Morgan fingerprint density at radius 2 is 1.84 bits per heavy atom. The smallest absolute Gasteiger partial charge is 0.276 e. The first-order chi connectivity index (χ1) is 15.6. The quantitative estimate of drug-likeness (QED) is 0.398. The highest BCUT2D eigenvalue weighted by molar-refractivity contribution is 7.25. The second kappa shape index (κ2) is 7.99. The average Bonchev–Trinajstić information content (AvgIpc) is 3.20. The van der Waals surface area contributed by atoms with Crippen molar-refractivity contribution in [1.82, 2.24) is 14.5 Å². The van der Waals surface area contributed by atoms with Crippen LogP contribution in [0.4, 0.5) is 5.82 Å². The summed E-state index contributed by atoms with van der Waals surface area (Å²) in [4.78, 5) is 26.5. The Labute approximate surface area is 198 Å². The molecular weight excluding hydrogens is 467 g/mol. The molecule has 3 aromatic heterocycles. The SMILES string of the molecule is O=c1c2sc3nc(N4CCOCC4)c4c(c3c2ncn1-c1ccc(Cl)cc1Cl)CCCC4. The zero-order valence-electron chi connectivity index (χ0n) is 17.2. The summed E-state index contributed by atoms with van der Waals surface area (Å²) in [5, 5.41) is 1.98. The largest absolute Gasteiger partial charge is 0.378 e. The summed E-state index contributed by atoms with van der Waals surface area (Å²) in [6, 6.07) is 5.09. The number of pyridine rings is 1. The number of ether oxygens (including phenoxy) is 1. The van der Waals surface area contributed by atoms with Gasteiger partial charge in [-0.25, -0.2) is 9.97 Å². The van der Waals surface area contributed by atoms with E-state index in [-0.39, 0.29) is 5.56 Å². The van der Waals surface area contributed by atoms with Gasteiger partial charge in [-0.2, -0.15) is 0 Å². The van der Waals surface area contributed by atoms with Gasteiger partial charge in [0.05, 0.1) is 29.4 Å². The van der Waals surface area contributed by atoms with Gasteiger partial charge in [0.25, 0.3) is 5.56 Å². The van der Waals surface area contributed by atoms with Crippen molar-refractivity contribution >= 4 is 60.8 Å². The summed E-state index contributed by atoms with van der Waals surface area (Å²) in [5.41, 5.74) is 3.80. The number of hydrogen-bond donors (Lipinski definition) is 0. The first-order valence-electron chi connectivity index (χ1n) is 10.8. The summed E-state index contributed by atoms with van der Waals surface area (Å²) in [6.07, 6.45) is 5.88. The predicted octanol–water partition coefficient (Wildman–Crippen LogP) is 5.02. The van der Waals surface area contributed by atoms with E-state index >= 15 is 0 Å². The molecule has 1 fully saturated rings. The van der Waals surface area contributed by atoms with Gasteiger partial charge in [-0.3, -0.25) is 9.36 Å². The molecule has 1 aliphatic heterocycles. The van der Waals surface area contributed by atoms with E-state index < -0.39 is 0 Å². The average molecular weight is 487 g/mol. The van der Waals surface area contributed by atoms with Crippen molar-refractivity contribution in [3.8, 4) is 5.69 Å². The summed E-state index contributed by atoms with van der Waals surface area (Å²) < 4.78 is 7.65. The van der Waals surface area contributed by atoms with E-state index in [1.165, 1.54) is 27.0 Å². The van der Waals surface area contributed by atoms with Crippen molar-refractivity contribution in [1.29, 1.82) is 0 Å². The molecule has 1 saturated heterocycles. The van der Waals surface area contributed by atoms with E-state index in [0.29, 0.717) is 20.4 Å². The third-order valence-corrected chi connectivity index (χ3v) is 7.91. The van der Waals surface area contributed by atoms with E-state index in [0.717, 1.165) is 73.5 Å². The predicted molar refractivity (Wildman–Crippen MR) is 130 cm³/mol. The van der Waals surface area contributed by atoms with Crippen molar-refractivity contribution in [2.45, 2.75) is 25.7 Å². The van der Waals surface area contributed by atoms with Crippen LogP contribution in [0.5, 0.6) is 0 Å². The molecule has 0 unspecified atom stereocenters. The number of anilines is 1. The monoisotopic (exact) mass is 486 g/mol. The zero-order chi connectivity index (χ0) is 21.8. The highest BCUT2D eigenvalue weighted by Gasteiger charge is 2.26. The van der Waals surface area contributed by atoms with Crippen LogP contribution in [0, 0.1) is 0 Å². The fourth-order valence-corrected chi connectivity index (χ4v) is 6.37. The number of aryl methyl sites for hydroxylation is 1. The van der Waals surface area contributed by atoms with Gasteiger partial charge in [-0.15, -0.1) is 11.3 Å². The minimum absolute atomic E-state index is 0.139. The minimum atomic E-state index is -0.139. The number of aromatic nitrogens is 3. The van der Waals surface area contributed by atoms with Gasteiger partial charge in [0, 0.05) is 23.5 Å². The Hall–Kier alpha value is -2.19. The molecule has 0 spiro atoms. The topological polar surface area (TPSA) is 60.3 Å². The molecule has 0 bridgehead atoms. The first kappa shape index (κ1) is 20.4. The van der Waals surface area contributed by atoms with E-state index in [1.54, 1.807) is 24.5 Å². The molecule has 0 saturated carbocycles. The maximum Gasteiger partial charge on any atom is 0.276 e. The number of halogens is 2. The number of benzene rings is 1. The Balaban J connectivity index is 1.60. The molecule has 1 aromatic carbocycles. The summed E-state index contributed by atoms with van der Waals surface area (Å²) in [5.74, 6) is 1.06. The van der Waals surface area contributed by atoms with Crippen LogP contribution < -0.4 is 10.5 Å². The molecule has 0 atom stereocenters. The van der Waals surface area contributed by atoms with Crippen molar-refractivity contribution in [3.05, 3.63) is 56.1 Å². The van der Waals surface area contributed by atoms with E-state index in [2.05, 4.69) is 4.90 Å². The second-order valence-corrected chi connectivity index (χ2v) is 10.0. The van der Waals surface area contributed by atoms with Crippen LogP contribution in [0.3, 0.4) is 0 Å². The van der Waals surface area contributed by atoms with Crippen LogP contribution in [0.25, 0.3) is 26.1 Å². The molecular formula is C23H20Cl2N4O2S. The summed E-state index contributed by atoms with van der Waals surface area (Å²) in [7, 11) is 0. The van der Waals surface area contributed by atoms with Crippen LogP contribution in [0.15, 0.2) is 29.3 Å². The van der Waals surface area contributed by atoms with Gasteiger partial charge in [0.2, 0.25) is 0 Å². The normalized spacial score (nSPS) is 16.6. The maximum atomic E-state index is 13.5. The number of rotatable bonds is 2. The Bertz CT molecular complexity index is 1430. The molecule has 4 heterocycles. The van der Waals surface area contributed by atoms with Crippen LogP contribution in [0.2, 0.25) is 10.0 Å². The Morgan fingerprint density at radius 1 is 1.06 bits per heavy atom. The van der Waals surface area contributed by atoms with Crippen molar-refractivity contribution < 1.29 is 4.74 Å². The first-order valence-corrected chi connectivity index (χ1v) is 12.3. The lowest BCUT2D eigenvalue weighted by atomic mass is 9.90. The maximum absolute atomic E-state index is 13.5. The van der Waals surface area contributed by atoms with Gasteiger partial charge in [0.15, 0.2) is 0 Å². The third kappa shape index (κ3) is 3.22. The Kier molecular flexibility index (Phi) is 5.10. The highest BCUT2D eigenvalue weighted by atomic mass is 35.5. The van der Waals surface area contributed by atoms with Gasteiger partial charge < -0.3 is 9.64 Å². The molecule has 32 heavy (non-hydrogen) atoms. The summed E-state index contributed by atoms with van der Waals surface area (Å²) in [6.45, 7) is 3.12. The summed E-state index contributed by atoms with van der Waals surface area (Å²) >= 11 is 13.8. The van der Waals surface area contributed by atoms with Gasteiger partial charge in [-0.05, 0) is 55.0 Å². The molecule has 4 aromatic rings. The molecule has 6 nitrogen and oxygen atoms in total. The standard InChI is InChI=1S/C23H20Cl2N4O2S/c24-13-5-6-17(16(25)11-13)29-12-26-19-18-14-3-1-2-4-15(14)21(28-7-9-31-10-8-28)27-22(18)32-20(19)23(29)30/h5-6,11-12H,1-4,7-10H2. The zero-order valence-corrected chi connectivity index (χ0v) is 19.6. The molecule has 9 heteroatoms. The molecule has 6 rings (SSSR count). The van der Waals surface area contributed by atoms with Crippen molar-refractivity contribution in [2.75, 3.05) is 31.2 Å². The number of fused-ring (bicyclic) bond motifs is 5. The van der Waals surface area contributed by atoms with Gasteiger partial charge in [0.1, 0.15) is 21.7 Å². The molecule has 1 aliphatic carbocycles. The number of nitrogens with zero attached hydrogens (tertiary/aromatic N) is 4. The lowest BCUT2D eigenvalue weighted by molar-refractivity contribution is 0.122. The van der Waals surface area contributed by atoms with Crippen LogP contribution in [0.1, 0.15) is 24.0 Å². The number of thiophene rings is 1. The molecule has 0 N–H and O–H groups in total. The van der Waals surface area contributed by atoms with Crippen LogP contribution in [-0.4, -0.2) is 40.8 Å². The van der Waals surface area contributed by atoms with E-state index in [4.69, 9.17) is 37.9 Å². The lowest BCUT2D eigenvalue weighted by Gasteiger charge is -2.31. The molecule has 0 radical (unpaired) electrons. The third-order valence-electron chi connectivity index (χ3n) is 6.31. The molecule has 2 aliphatic rings. The van der Waals surface area contributed by atoms with Gasteiger partial charge >= 0.3 is 0 Å². The van der Waals surface area contributed by atoms with Gasteiger partial charge in [-0.1, -0.05) is 23.2 Å². The van der Waals surface area contributed by atoms with Crippen molar-refractivity contribution in [3.63, 3.8) is 0 Å². The van der Waals surface area contributed by atoms with E-state index in [1.807, 2.05) is 0 Å². The molecule has 0 amide bonds. The fourth-order valence-electron chi connectivity index (χ4n) is 4.78. The number of hydrogen-bond acceptors (Lipinski definition) is 6.